The predicted molar refractivity (Wildman–Crippen MR) is 95.9 cm³/mol. The van der Waals surface area contributed by atoms with Gasteiger partial charge in [0.25, 0.3) is 5.69 Å². The number of hydrogen-bond donors (Lipinski definition) is 2. The minimum absolute atomic E-state index is 0.0132. The van der Waals surface area contributed by atoms with Gasteiger partial charge in [-0.1, -0.05) is 29.8 Å². The summed E-state index contributed by atoms with van der Waals surface area (Å²) in [5, 5.41) is 10.7. The van der Waals surface area contributed by atoms with Gasteiger partial charge in [0.1, 0.15) is 5.54 Å². The fraction of sp³-hybridized carbons (Fsp3) is 0.235. The molecule has 2 rings (SSSR count). The van der Waals surface area contributed by atoms with Crippen LogP contribution in [0.3, 0.4) is 0 Å². The first-order chi connectivity index (χ1) is 12.0. The van der Waals surface area contributed by atoms with Crippen molar-refractivity contribution in [2.24, 2.45) is 5.73 Å². The zero-order valence-corrected chi connectivity index (χ0v) is 15.1. The van der Waals surface area contributed by atoms with E-state index in [-0.39, 0.29) is 17.0 Å². The number of carbonyl (C=O) groups is 1. The number of nitrogens with two attached hydrogens (primary N) is 1. The van der Waals surface area contributed by atoms with Gasteiger partial charge in [0, 0.05) is 18.6 Å². The molecule has 0 aliphatic carbocycles. The smallest absolute Gasteiger partial charge is 0.269 e. The Kier molecular flexibility index (Phi) is 5.43. The number of hydrogen-bond acceptors (Lipinski definition) is 5. The third-order valence-electron chi connectivity index (χ3n) is 3.94. The third-order valence-corrected chi connectivity index (χ3v) is 5.55. The molecule has 26 heavy (non-hydrogen) atoms. The Bertz CT molecular complexity index is 924. The Labute approximate surface area is 151 Å². The Morgan fingerprint density at radius 1 is 1.15 bits per heavy atom. The van der Waals surface area contributed by atoms with E-state index < -0.39 is 26.4 Å². The number of rotatable bonds is 7. The number of aryl methyl sites for hydroxylation is 1. The highest BCUT2D eigenvalue weighted by Crippen LogP contribution is 2.20. The summed E-state index contributed by atoms with van der Waals surface area (Å²) in [4.78, 5) is 22.1. The lowest BCUT2D eigenvalue weighted by molar-refractivity contribution is -0.384. The number of nitro benzene ring substituents is 1. The molecule has 0 fully saturated rings. The fourth-order valence-corrected chi connectivity index (χ4v) is 3.77. The molecule has 2 aromatic rings. The predicted octanol–water partition coefficient (Wildman–Crippen LogP) is 1.67. The van der Waals surface area contributed by atoms with Gasteiger partial charge in [0.05, 0.1) is 9.82 Å². The topological polar surface area (TPSA) is 132 Å². The molecule has 2 aromatic carbocycles. The number of nitrogens with zero attached hydrogens (tertiary/aromatic N) is 1. The Morgan fingerprint density at radius 2 is 1.69 bits per heavy atom. The molecule has 0 aromatic heterocycles. The SMILES string of the molecule is Cc1ccc(S(=O)(=O)N[C@@](C)(Cc2ccc([N+](=O)[O-])cc2)C(N)=O)cc1. The number of amides is 1. The van der Waals surface area contributed by atoms with Gasteiger partial charge in [-0.25, -0.2) is 8.42 Å². The minimum Gasteiger partial charge on any atom is -0.368 e. The van der Waals surface area contributed by atoms with Gasteiger partial charge in [0.2, 0.25) is 15.9 Å². The molecule has 0 spiro atoms. The van der Waals surface area contributed by atoms with Gasteiger partial charge >= 0.3 is 0 Å². The first kappa shape index (κ1) is 19.5. The van der Waals surface area contributed by atoms with Gasteiger partial charge in [0.15, 0.2) is 0 Å². The maximum Gasteiger partial charge on any atom is 0.269 e. The quantitative estimate of drug-likeness (QED) is 0.559. The van der Waals surface area contributed by atoms with Crippen LogP contribution in [0.25, 0.3) is 0 Å². The molecule has 9 heteroatoms. The number of nitrogens with one attached hydrogen (secondary N) is 1. The van der Waals surface area contributed by atoms with Crippen LogP contribution in [0.1, 0.15) is 18.1 Å². The van der Waals surface area contributed by atoms with Crippen molar-refractivity contribution >= 4 is 21.6 Å². The number of non-ortho nitro benzene ring substituents is 1. The molecule has 0 heterocycles. The second kappa shape index (κ2) is 7.22. The molecular weight excluding hydrogens is 358 g/mol. The maximum atomic E-state index is 12.6. The highest BCUT2D eigenvalue weighted by Gasteiger charge is 2.36. The van der Waals surface area contributed by atoms with Crippen molar-refractivity contribution in [1.29, 1.82) is 0 Å². The van der Waals surface area contributed by atoms with Crippen LogP contribution in [-0.2, 0) is 21.2 Å². The fourth-order valence-electron chi connectivity index (χ4n) is 2.39. The van der Waals surface area contributed by atoms with E-state index in [9.17, 15) is 23.3 Å². The molecule has 138 valence electrons. The molecule has 0 bridgehead atoms. The van der Waals surface area contributed by atoms with Crippen LogP contribution < -0.4 is 10.5 Å². The monoisotopic (exact) mass is 377 g/mol. The highest BCUT2D eigenvalue weighted by molar-refractivity contribution is 7.89. The molecule has 0 aliphatic rings. The second-order valence-electron chi connectivity index (χ2n) is 6.22. The molecule has 0 radical (unpaired) electrons. The molecule has 0 unspecified atom stereocenters. The zero-order valence-electron chi connectivity index (χ0n) is 14.3. The summed E-state index contributed by atoms with van der Waals surface area (Å²) in [6.45, 7) is 3.20. The van der Waals surface area contributed by atoms with Crippen LogP contribution >= 0.6 is 0 Å². The third kappa shape index (κ3) is 4.44. The summed E-state index contributed by atoms with van der Waals surface area (Å²) >= 11 is 0. The van der Waals surface area contributed by atoms with Crippen LogP contribution in [0.5, 0.6) is 0 Å². The first-order valence-corrected chi connectivity index (χ1v) is 9.16. The molecular formula is C17H19N3O5S. The van der Waals surface area contributed by atoms with Crippen molar-refractivity contribution in [3.05, 3.63) is 69.8 Å². The molecule has 0 saturated carbocycles. The Balaban J connectivity index is 2.30. The van der Waals surface area contributed by atoms with Crippen LogP contribution in [0.15, 0.2) is 53.4 Å². The summed E-state index contributed by atoms with van der Waals surface area (Å²) in [5.41, 5.74) is 5.16. The van der Waals surface area contributed by atoms with Gasteiger partial charge in [-0.15, -0.1) is 0 Å². The lowest BCUT2D eigenvalue weighted by Crippen LogP contribution is -2.56. The van der Waals surface area contributed by atoms with Crippen molar-refractivity contribution in [2.75, 3.05) is 0 Å². The van der Waals surface area contributed by atoms with Crippen molar-refractivity contribution in [1.82, 2.24) is 4.72 Å². The summed E-state index contributed by atoms with van der Waals surface area (Å²) in [7, 11) is -3.98. The number of primary amides is 1. The van der Waals surface area contributed by atoms with E-state index >= 15 is 0 Å². The van der Waals surface area contributed by atoms with Gasteiger partial charge in [-0.3, -0.25) is 14.9 Å². The van der Waals surface area contributed by atoms with Crippen molar-refractivity contribution in [3.63, 3.8) is 0 Å². The van der Waals surface area contributed by atoms with E-state index in [1.165, 1.54) is 43.3 Å². The molecule has 8 nitrogen and oxygen atoms in total. The van der Waals surface area contributed by atoms with E-state index in [0.717, 1.165) is 5.56 Å². The van der Waals surface area contributed by atoms with Gasteiger partial charge in [-0.2, -0.15) is 4.72 Å². The van der Waals surface area contributed by atoms with E-state index in [1.807, 2.05) is 6.92 Å². The largest absolute Gasteiger partial charge is 0.368 e. The molecule has 1 atom stereocenters. The lowest BCUT2D eigenvalue weighted by atomic mass is 9.93. The van der Waals surface area contributed by atoms with E-state index in [0.29, 0.717) is 5.56 Å². The number of carbonyl (C=O) groups excluding carboxylic acids is 1. The summed E-state index contributed by atoms with van der Waals surface area (Å²) < 4.78 is 27.5. The van der Waals surface area contributed by atoms with Crippen molar-refractivity contribution in [3.8, 4) is 0 Å². The number of sulfonamides is 1. The average molecular weight is 377 g/mol. The molecule has 0 aliphatic heterocycles. The maximum absolute atomic E-state index is 12.6. The van der Waals surface area contributed by atoms with Crippen LogP contribution in [0.4, 0.5) is 5.69 Å². The lowest BCUT2D eigenvalue weighted by Gasteiger charge is -2.27. The summed E-state index contributed by atoms with van der Waals surface area (Å²) in [5.74, 6) is -0.855. The van der Waals surface area contributed by atoms with E-state index in [1.54, 1.807) is 12.1 Å². The first-order valence-electron chi connectivity index (χ1n) is 7.67. The molecule has 3 N–H and O–H groups in total. The van der Waals surface area contributed by atoms with Gasteiger partial charge in [-0.05, 0) is 31.5 Å². The normalized spacial score (nSPS) is 13.8. The van der Waals surface area contributed by atoms with E-state index in [4.69, 9.17) is 5.73 Å². The minimum atomic E-state index is -3.98. The number of benzene rings is 2. The highest BCUT2D eigenvalue weighted by atomic mass is 32.2. The van der Waals surface area contributed by atoms with Crippen LogP contribution in [0.2, 0.25) is 0 Å². The number of nitro groups is 1. The summed E-state index contributed by atoms with van der Waals surface area (Å²) in [6.07, 6.45) is -0.0502. The Hall–Kier alpha value is -2.78. The standard InChI is InChI=1S/C17H19N3O5S/c1-12-3-9-15(10-4-12)26(24,25)19-17(2,16(18)21)11-13-5-7-14(8-6-13)20(22)23/h3-10,19H,11H2,1-2H3,(H2,18,21)/t17-/m0/s1. The zero-order chi connectivity index (χ0) is 19.5. The Morgan fingerprint density at radius 3 is 2.15 bits per heavy atom. The average Bonchev–Trinajstić information content (AvgIpc) is 2.55. The van der Waals surface area contributed by atoms with Crippen LogP contribution in [0, 0.1) is 17.0 Å². The van der Waals surface area contributed by atoms with E-state index in [2.05, 4.69) is 4.72 Å². The van der Waals surface area contributed by atoms with Crippen molar-refractivity contribution < 1.29 is 18.1 Å². The van der Waals surface area contributed by atoms with Gasteiger partial charge < -0.3 is 5.73 Å². The summed E-state index contributed by atoms with van der Waals surface area (Å²) in [6, 6.07) is 11.6. The second-order valence-corrected chi connectivity index (χ2v) is 7.90. The molecule has 0 saturated heterocycles. The molecule has 1 amide bonds. The van der Waals surface area contributed by atoms with Crippen LogP contribution in [-0.4, -0.2) is 24.8 Å². The van der Waals surface area contributed by atoms with Crippen molar-refractivity contribution in [2.45, 2.75) is 30.7 Å².